The lowest BCUT2D eigenvalue weighted by Gasteiger charge is -2.09. The first kappa shape index (κ1) is 19.3. The highest BCUT2D eigenvalue weighted by Crippen LogP contribution is 2.28. The second-order valence-electron chi connectivity index (χ2n) is 5.34. The quantitative estimate of drug-likeness (QED) is 0.693. The SMILES string of the molecule is COc1ccc(CS(=O)(=O)/C(C#N)=C\c2ccc(OC)cc2OC)cc1. The molecule has 7 heteroatoms. The van der Waals surface area contributed by atoms with Crippen molar-refractivity contribution in [2.75, 3.05) is 21.3 Å². The average molecular weight is 373 g/mol. The smallest absolute Gasteiger partial charge is 0.192 e. The van der Waals surface area contributed by atoms with Crippen molar-refractivity contribution in [2.24, 2.45) is 0 Å². The van der Waals surface area contributed by atoms with Crippen LogP contribution in [0.3, 0.4) is 0 Å². The van der Waals surface area contributed by atoms with Crippen LogP contribution in [0.25, 0.3) is 6.08 Å². The van der Waals surface area contributed by atoms with Crippen LogP contribution in [-0.2, 0) is 15.6 Å². The highest BCUT2D eigenvalue weighted by atomic mass is 32.2. The van der Waals surface area contributed by atoms with Gasteiger partial charge in [-0.25, -0.2) is 8.42 Å². The Bertz CT molecular complexity index is 941. The topological polar surface area (TPSA) is 85.6 Å². The molecular formula is C19H19NO5S. The maximum atomic E-state index is 12.6. The molecule has 2 aromatic carbocycles. The lowest BCUT2D eigenvalue weighted by Crippen LogP contribution is -2.06. The molecule has 0 saturated heterocycles. The Morgan fingerprint density at radius 2 is 1.62 bits per heavy atom. The van der Waals surface area contributed by atoms with Gasteiger partial charge >= 0.3 is 0 Å². The van der Waals surface area contributed by atoms with Gasteiger partial charge in [0.25, 0.3) is 0 Å². The molecule has 26 heavy (non-hydrogen) atoms. The summed E-state index contributed by atoms with van der Waals surface area (Å²) in [7, 11) is 0.701. The van der Waals surface area contributed by atoms with Gasteiger partial charge in [-0.15, -0.1) is 0 Å². The number of allylic oxidation sites excluding steroid dienone is 1. The first-order chi connectivity index (χ1) is 12.4. The number of nitriles is 1. The van der Waals surface area contributed by atoms with E-state index in [9.17, 15) is 13.7 Å². The summed E-state index contributed by atoms with van der Waals surface area (Å²) in [5.74, 6) is 1.33. The Kier molecular flexibility index (Phi) is 6.26. The van der Waals surface area contributed by atoms with Gasteiger partial charge in [0.1, 0.15) is 28.2 Å². The summed E-state index contributed by atoms with van der Waals surface area (Å²) in [5, 5.41) is 9.36. The third kappa shape index (κ3) is 4.55. The van der Waals surface area contributed by atoms with Gasteiger partial charge in [-0.1, -0.05) is 12.1 Å². The highest BCUT2D eigenvalue weighted by Gasteiger charge is 2.19. The summed E-state index contributed by atoms with van der Waals surface area (Å²) in [4.78, 5) is -0.336. The summed E-state index contributed by atoms with van der Waals surface area (Å²) in [5.41, 5.74) is 1.04. The fraction of sp³-hybridized carbons (Fsp3) is 0.211. The zero-order chi connectivity index (χ0) is 19.2. The fourth-order valence-corrected chi connectivity index (χ4v) is 3.52. The van der Waals surface area contributed by atoms with E-state index in [0.717, 1.165) is 0 Å². The van der Waals surface area contributed by atoms with E-state index in [1.165, 1.54) is 27.4 Å². The third-order valence-electron chi connectivity index (χ3n) is 3.69. The van der Waals surface area contributed by atoms with Crippen LogP contribution in [0.15, 0.2) is 47.4 Å². The van der Waals surface area contributed by atoms with Crippen LogP contribution in [0.2, 0.25) is 0 Å². The normalized spacial score (nSPS) is 11.5. The summed E-state index contributed by atoms with van der Waals surface area (Å²) < 4.78 is 40.7. The van der Waals surface area contributed by atoms with E-state index < -0.39 is 9.84 Å². The van der Waals surface area contributed by atoms with E-state index in [1.807, 2.05) is 0 Å². The van der Waals surface area contributed by atoms with Crippen molar-refractivity contribution in [3.63, 3.8) is 0 Å². The standard InChI is InChI=1S/C19H19NO5S/c1-23-16-7-4-14(5-8-16)13-26(21,22)18(12-20)10-15-6-9-17(24-2)11-19(15)25-3/h4-11H,13H2,1-3H3/b18-10-. The predicted molar refractivity (Wildman–Crippen MR) is 98.8 cm³/mol. The van der Waals surface area contributed by atoms with Gasteiger partial charge in [0.15, 0.2) is 9.84 Å². The molecule has 6 nitrogen and oxygen atoms in total. The number of methoxy groups -OCH3 is 3. The van der Waals surface area contributed by atoms with Crippen LogP contribution in [0.4, 0.5) is 0 Å². The van der Waals surface area contributed by atoms with Crippen LogP contribution >= 0.6 is 0 Å². The summed E-state index contributed by atoms with van der Waals surface area (Å²) in [6, 6.07) is 13.4. The third-order valence-corrected chi connectivity index (χ3v) is 5.28. The van der Waals surface area contributed by atoms with Crippen LogP contribution in [0.1, 0.15) is 11.1 Å². The lowest BCUT2D eigenvalue weighted by molar-refractivity contribution is 0.394. The van der Waals surface area contributed by atoms with E-state index in [1.54, 1.807) is 48.5 Å². The molecule has 0 heterocycles. The molecule has 2 rings (SSSR count). The molecule has 136 valence electrons. The molecule has 0 bridgehead atoms. The van der Waals surface area contributed by atoms with E-state index in [-0.39, 0.29) is 10.7 Å². The lowest BCUT2D eigenvalue weighted by atomic mass is 10.2. The summed E-state index contributed by atoms with van der Waals surface area (Å²) in [6.07, 6.45) is 1.30. The molecule has 0 aliphatic heterocycles. The Hall–Kier alpha value is -2.98. The highest BCUT2D eigenvalue weighted by molar-refractivity contribution is 7.95. The number of ether oxygens (including phenoxy) is 3. The predicted octanol–water partition coefficient (Wildman–Crippen LogP) is 3.19. The first-order valence-corrected chi connectivity index (χ1v) is 9.28. The Balaban J connectivity index is 2.36. The van der Waals surface area contributed by atoms with Crippen LogP contribution in [0, 0.1) is 11.3 Å². The number of hydrogen-bond donors (Lipinski definition) is 0. The minimum atomic E-state index is -3.81. The van der Waals surface area contributed by atoms with E-state index >= 15 is 0 Å². The first-order valence-electron chi connectivity index (χ1n) is 7.63. The number of nitrogens with zero attached hydrogens (tertiary/aromatic N) is 1. The minimum Gasteiger partial charge on any atom is -0.497 e. The second-order valence-corrected chi connectivity index (χ2v) is 7.29. The molecule has 0 fully saturated rings. The van der Waals surface area contributed by atoms with E-state index in [2.05, 4.69) is 0 Å². The number of sulfone groups is 1. The average Bonchev–Trinajstić information content (AvgIpc) is 2.66. The van der Waals surface area contributed by atoms with Crippen molar-refractivity contribution in [1.82, 2.24) is 0 Å². The van der Waals surface area contributed by atoms with Gasteiger partial charge in [-0.3, -0.25) is 0 Å². The van der Waals surface area contributed by atoms with E-state index in [0.29, 0.717) is 28.4 Å². The Morgan fingerprint density at radius 1 is 1.00 bits per heavy atom. The zero-order valence-electron chi connectivity index (χ0n) is 14.7. The summed E-state index contributed by atoms with van der Waals surface area (Å²) >= 11 is 0. The second kappa shape index (κ2) is 8.41. The van der Waals surface area contributed by atoms with Crippen molar-refractivity contribution in [2.45, 2.75) is 5.75 Å². The van der Waals surface area contributed by atoms with Gasteiger partial charge < -0.3 is 14.2 Å². The molecule has 0 N–H and O–H groups in total. The van der Waals surface area contributed by atoms with Crippen LogP contribution in [0.5, 0.6) is 17.2 Å². The van der Waals surface area contributed by atoms with Crippen molar-refractivity contribution in [1.29, 1.82) is 5.26 Å². The van der Waals surface area contributed by atoms with Crippen molar-refractivity contribution in [3.05, 3.63) is 58.5 Å². The van der Waals surface area contributed by atoms with Crippen molar-refractivity contribution >= 4 is 15.9 Å². The van der Waals surface area contributed by atoms with Gasteiger partial charge in [0.2, 0.25) is 0 Å². The maximum absolute atomic E-state index is 12.6. The van der Waals surface area contributed by atoms with E-state index in [4.69, 9.17) is 14.2 Å². The molecule has 2 aromatic rings. The molecule has 0 aliphatic rings. The molecule has 0 spiro atoms. The molecule has 0 unspecified atom stereocenters. The minimum absolute atomic E-state index is 0.283. The molecule has 0 atom stereocenters. The maximum Gasteiger partial charge on any atom is 0.192 e. The van der Waals surface area contributed by atoms with Gasteiger partial charge in [-0.2, -0.15) is 5.26 Å². The summed E-state index contributed by atoms with van der Waals surface area (Å²) in [6.45, 7) is 0. The monoisotopic (exact) mass is 373 g/mol. The number of benzene rings is 2. The number of rotatable bonds is 7. The molecular weight excluding hydrogens is 354 g/mol. The molecule has 0 aliphatic carbocycles. The molecule has 0 aromatic heterocycles. The number of hydrogen-bond acceptors (Lipinski definition) is 6. The largest absolute Gasteiger partial charge is 0.497 e. The zero-order valence-corrected chi connectivity index (χ0v) is 15.5. The van der Waals surface area contributed by atoms with Crippen molar-refractivity contribution in [3.8, 4) is 23.3 Å². The van der Waals surface area contributed by atoms with Gasteiger partial charge in [-0.05, 0) is 35.9 Å². The molecule has 0 amide bonds. The molecule has 0 radical (unpaired) electrons. The van der Waals surface area contributed by atoms with Crippen molar-refractivity contribution < 1.29 is 22.6 Å². The van der Waals surface area contributed by atoms with Crippen LogP contribution in [-0.4, -0.2) is 29.7 Å². The molecule has 0 saturated carbocycles. The van der Waals surface area contributed by atoms with Crippen LogP contribution < -0.4 is 14.2 Å². The Morgan fingerprint density at radius 3 is 2.15 bits per heavy atom. The van der Waals surface area contributed by atoms with Gasteiger partial charge in [0.05, 0.1) is 27.1 Å². The van der Waals surface area contributed by atoms with Gasteiger partial charge in [0, 0.05) is 11.6 Å². The Labute approximate surface area is 153 Å². The fourth-order valence-electron chi connectivity index (χ4n) is 2.29.